The van der Waals surface area contributed by atoms with Gasteiger partial charge in [-0.3, -0.25) is 14.9 Å². The summed E-state index contributed by atoms with van der Waals surface area (Å²) in [4.78, 5) is 29.0. The van der Waals surface area contributed by atoms with E-state index < -0.39 is 21.8 Å². The van der Waals surface area contributed by atoms with Crippen molar-refractivity contribution in [1.29, 1.82) is 0 Å². The van der Waals surface area contributed by atoms with Crippen LogP contribution in [-0.4, -0.2) is 44.3 Å². The van der Waals surface area contributed by atoms with Gasteiger partial charge in [-0.15, -0.1) is 11.8 Å². The van der Waals surface area contributed by atoms with Crippen molar-refractivity contribution < 1.29 is 22.7 Å². The van der Waals surface area contributed by atoms with Gasteiger partial charge in [0.25, 0.3) is 0 Å². The number of rotatable bonds is 9. The number of hydrogen-bond donors (Lipinski definition) is 3. The molecule has 0 bridgehead atoms. The predicted octanol–water partition coefficient (Wildman–Crippen LogP) is 2.83. The van der Waals surface area contributed by atoms with E-state index in [4.69, 9.17) is 4.74 Å². The number of anilines is 2. The molecule has 0 saturated carbocycles. The molecule has 0 fully saturated rings. The molecule has 0 atom stereocenters. The van der Waals surface area contributed by atoms with Crippen LogP contribution in [-0.2, 0) is 26.2 Å². The second-order valence-electron chi connectivity index (χ2n) is 7.16. The Morgan fingerprint density at radius 3 is 2.52 bits per heavy atom. The Morgan fingerprint density at radius 2 is 1.90 bits per heavy atom. The number of sulfonamides is 1. The van der Waals surface area contributed by atoms with E-state index >= 15 is 0 Å². The summed E-state index contributed by atoms with van der Waals surface area (Å²) >= 11 is 2.53. The molecule has 2 aromatic rings. The Morgan fingerprint density at radius 1 is 1.23 bits per heavy atom. The molecule has 0 radical (unpaired) electrons. The van der Waals surface area contributed by atoms with E-state index in [0.29, 0.717) is 29.7 Å². The summed E-state index contributed by atoms with van der Waals surface area (Å²) in [5.74, 6) is -0.966. The number of ether oxygens (including phenoxy) is 1. The van der Waals surface area contributed by atoms with Gasteiger partial charge in [-0.05, 0) is 36.8 Å². The third kappa shape index (κ3) is 8.13. The number of nitrogens with one attached hydrogen (secondary N) is 3. The molecule has 12 heteroatoms. The molecular formula is C19H26N4O5S3. The molecule has 31 heavy (non-hydrogen) atoms. The molecule has 2 rings (SSSR count). The van der Waals surface area contributed by atoms with Crippen LogP contribution in [0, 0.1) is 12.8 Å². The van der Waals surface area contributed by atoms with E-state index in [-0.39, 0.29) is 11.7 Å². The van der Waals surface area contributed by atoms with Crippen molar-refractivity contribution in [3.05, 3.63) is 29.5 Å². The summed E-state index contributed by atoms with van der Waals surface area (Å²) in [6.45, 7) is 6.39. The van der Waals surface area contributed by atoms with Crippen LogP contribution in [0.2, 0.25) is 0 Å². The van der Waals surface area contributed by atoms with E-state index in [1.165, 1.54) is 11.8 Å². The quantitative estimate of drug-likeness (QED) is 0.367. The fraction of sp³-hybridized carbons (Fsp3) is 0.421. The van der Waals surface area contributed by atoms with Gasteiger partial charge in [0.15, 0.2) is 5.13 Å². The summed E-state index contributed by atoms with van der Waals surface area (Å²) in [7, 11) is -3.38. The number of thiazole rings is 1. The normalized spacial score (nSPS) is 11.4. The fourth-order valence-electron chi connectivity index (χ4n) is 2.30. The maximum atomic E-state index is 12.4. The zero-order chi connectivity index (χ0) is 23.2. The maximum Gasteiger partial charge on any atom is 0.315 e. The SMILES string of the molecule is CSc1sc(NC(=O)C(=O)Nc2ccc(C)cc2OCC(C)C)nc1CNS(C)(=O)=O. The van der Waals surface area contributed by atoms with E-state index in [9.17, 15) is 18.0 Å². The number of aryl methyl sites for hydroxylation is 1. The monoisotopic (exact) mass is 486 g/mol. The second-order valence-corrected chi connectivity index (χ2v) is 11.1. The van der Waals surface area contributed by atoms with E-state index in [1.807, 2.05) is 33.1 Å². The van der Waals surface area contributed by atoms with Gasteiger partial charge in [-0.2, -0.15) is 0 Å². The predicted molar refractivity (Wildman–Crippen MR) is 124 cm³/mol. The van der Waals surface area contributed by atoms with Crippen LogP contribution in [0.15, 0.2) is 22.4 Å². The third-order valence-corrected chi connectivity index (χ3v) is 6.57. The van der Waals surface area contributed by atoms with Gasteiger partial charge >= 0.3 is 11.8 Å². The van der Waals surface area contributed by atoms with Crippen molar-refractivity contribution in [1.82, 2.24) is 9.71 Å². The number of amides is 2. The van der Waals surface area contributed by atoms with Crippen LogP contribution < -0.4 is 20.1 Å². The highest BCUT2D eigenvalue weighted by Crippen LogP contribution is 2.31. The van der Waals surface area contributed by atoms with Crippen LogP contribution in [0.5, 0.6) is 5.75 Å². The zero-order valence-corrected chi connectivity index (χ0v) is 20.4. The molecule has 0 spiro atoms. The van der Waals surface area contributed by atoms with Crippen LogP contribution >= 0.6 is 23.1 Å². The Balaban J connectivity index is 2.08. The Labute approximate surface area is 190 Å². The molecule has 170 valence electrons. The third-order valence-electron chi connectivity index (χ3n) is 3.73. The molecule has 1 aromatic carbocycles. The number of carbonyl (C=O) groups is 2. The lowest BCUT2D eigenvalue weighted by Gasteiger charge is -2.14. The molecular weight excluding hydrogens is 460 g/mol. The van der Waals surface area contributed by atoms with Crippen molar-refractivity contribution in [2.24, 2.45) is 5.92 Å². The first-order chi connectivity index (χ1) is 14.5. The van der Waals surface area contributed by atoms with Gasteiger partial charge in [-0.25, -0.2) is 18.1 Å². The number of hydrogen-bond acceptors (Lipinski definition) is 8. The smallest absolute Gasteiger partial charge is 0.315 e. The summed E-state index contributed by atoms with van der Waals surface area (Å²) in [5.41, 5.74) is 1.83. The minimum absolute atomic E-state index is 0.00646. The van der Waals surface area contributed by atoms with E-state index in [1.54, 1.807) is 12.1 Å². The van der Waals surface area contributed by atoms with Crippen molar-refractivity contribution in [3.8, 4) is 5.75 Å². The molecule has 0 unspecified atom stereocenters. The van der Waals surface area contributed by atoms with Crippen LogP contribution in [0.4, 0.5) is 10.8 Å². The minimum Gasteiger partial charge on any atom is -0.491 e. The molecule has 0 aliphatic heterocycles. The Bertz CT molecular complexity index is 1050. The van der Waals surface area contributed by atoms with E-state index in [2.05, 4.69) is 20.3 Å². The first-order valence-electron chi connectivity index (χ1n) is 9.32. The molecule has 3 N–H and O–H groups in total. The lowest BCUT2D eigenvalue weighted by Crippen LogP contribution is -2.29. The van der Waals surface area contributed by atoms with Crippen LogP contribution in [0.1, 0.15) is 25.1 Å². The van der Waals surface area contributed by atoms with Gasteiger partial charge in [-0.1, -0.05) is 31.3 Å². The molecule has 0 saturated heterocycles. The Kier molecular flexibility index (Phi) is 8.86. The molecule has 2 amide bonds. The Hall–Kier alpha value is -2.15. The number of carbonyl (C=O) groups excluding carboxylic acids is 2. The van der Waals surface area contributed by atoms with Gasteiger partial charge in [0.1, 0.15) is 5.75 Å². The van der Waals surface area contributed by atoms with Crippen LogP contribution in [0.25, 0.3) is 0 Å². The van der Waals surface area contributed by atoms with E-state index in [0.717, 1.165) is 27.4 Å². The van der Waals surface area contributed by atoms with Crippen LogP contribution in [0.3, 0.4) is 0 Å². The zero-order valence-electron chi connectivity index (χ0n) is 17.9. The largest absolute Gasteiger partial charge is 0.491 e. The first kappa shape index (κ1) is 25.1. The fourth-order valence-corrected chi connectivity index (χ4v) is 4.34. The van der Waals surface area contributed by atoms with Gasteiger partial charge in [0.2, 0.25) is 10.0 Å². The van der Waals surface area contributed by atoms with Crippen molar-refractivity contribution in [3.63, 3.8) is 0 Å². The summed E-state index contributed by atoms with van der Waals surface area (Å²) < 4.78 is 31.5. The molecule has 9 nitrogen and oxygen atoms in total. The van der Waals surface area contributed by atoms with Crippen molar-refractivity contribution in [2.75, 3.05) is 29.8 Å². The molecule has 0 aliphatic carbocycles. The number of thioether (sulfide) groups is 1. The second kappa shape index (κ2) is 10.9. The molecule has 1 aromatic heterocycles. The minimum atomic E-state index is -3.38. The van der Waals surface area contributed by atoms with Crippen molar-refractivity contribution in [2.45, 2.75) is 31.5 Å². The number of nitrogens with zero attached hydrogens (tertiary/aromatic N) is 1. The topological polar surface area (TPSA) is 126 Å². The van der Waals surface area contributed by atoms with Gasteiger partial charge in [0, 0.05) is 0 Å². The summed E-state index contributed by atoms with van der Waals surface area (Å²) in [5, 5.41) is 5.23. The highest BCUT2D eigenvalue weighted by atomic mass is 32.2. The lowest BCUT2D eigenvalue weighted by molar-refractivity contribution is -0.133. The van der Waals surface area contributed by atoms with Gasteiger partial charge < -0.3 is 10.1 Å². The maximum absolute atomic E-state index is 12.4. The number of aromatic nitrogens is 1. The number of benzene rings is 1. The average Bonchev–Trinajstić information content (AvgIpc) is 3.07. The average molecular weight is 487 g/mol. The van der Waals surface area contributed by atoms with Gasteiger partial charge in [0.05, 0.1) is 35.0 Å². The molecule has 0 aliphatic rings. The highest BCUT2D eigenvalue weighted by Gasteiger charge is 2.20. The van der Waals surface area contributed by atoms with Crippen molar-refractivity contribution >= 4 is 55.8 Å². The summed E-state index contributed by atoms with van der Waals surface area (Å²) in [6.07, 6.45) is 2.86. The summed E-state index contributed by atoms with van der Waals surface area (Å²) in [6, 6.07) is 5.28. The standard InChI is InChI=1S/C19H26N4O5S3/c1-11(2)10-28-15-8-12(3)6-7-13(15)21-16(24)17(25)23-19-22-14(18(29-4)30-19)9-20-31(5,26)27/h6-8,11,20H,9-10H2,1-5H3,(H,21,24)(H,22,23,25). The highest BCUT2D eigenvalue weighted by molar-refractivity contribution is 8.00. The first-order valence-corrected chi connectivity index (χ1v) is 13.3. The lowest BCUT2D eigenvalue weighted by atomic mass is 10.2. The molecule has 1 heterocycles.